The summed E-state index contributed by atoms with van der Waals surface area (Å²) in [5.74, 6) is 0. The quantitative estimate of drug-likeness (QED) is 0.821. The Morgan fingerprint density at radius 3 is 2.60 bits per heavy atom. The predicted octanol–water partition coefficient (Wildman–Crippen LogP) is 4.17. The van der Waals surface area contributed by atoms with Gasteiger partial charge in [-0.2, -0.15) is 0 Å². The van der Waals surface area contributed by atoms with Crippen molar-refractivity contribution in [2.45, 2.75) is 38.9 Å². The number of piperidine rings is 1. The van der Waals surface area contributed by atoms with Crippen molar-refractivity contribution in [2.75, 3.05) is 13.1 Å². The van der Waals surface area contributed by atoms with Crippen LogP contribution in [0.4, 0.5) is 4.79 Å². The zero-order valence-corrected chi connectivity index (χ0v) is 16.0. The number of rotatable bonds is 5. The lowest BCUT2D eigenvalue weighted by Gasteiger charge is -2.32. The molecule has 0 unspecified atom stereocenters. The minimum absolute atomic E-state index is 0.0658. The summed E-state index contributed by atoms with van der Waals surface area (Å²) < 4.78 is 0. The first-order chi connectivity index (χ1) is 12.1. The first-order valence-electron chi connectivity index (χ1n) is 8.64. The van der Waals surface area contributed by atoms with Gasteiger partial charge in [-0.15, -0.1) is 11.3 Å². The van der Waals surface area contributed by atoms with E-state index in [1.807, 2.05) is 12.1 Å². The minimum atomic E-state index is -0.0658. The monoisotopic (exact) mass is 377 g/mol. The Bertz CT molecular complexity index is 693. The lowest BCUT2D eigenvalue weighted by molar-refractivity contribution is 0.186. The molecule has 0 spiro atoms. The molecule has 0 atom stereocenters. The molecule has 4 nitrogen and oxygen atoms in total. The predicted molar refractivity (Wildman–Crippen MR) is 104 cm³/mol. The Hall–Kier alpha value is -1.56. The van der Waals surface area contributed by atoms with E-state index in [0.29, 0.717) is 6.54 Å². The molecule has 25 heavy (non-hydrogen) atoms. The summed E-state index contributed by atoms with van der Waals surface area (Å²) in [5.41, 5.74) is 2.51. The summed E-state index contributed by atoms with van der Waals surface area (Å²) in [5, 5.41) is 8.90. The third-order valence-corrected chi connectivity index (χ3v) is 5.89. The van der Waals surface area contributed by atoms with Crippen molar-refractivity contribution in [3.05, 3.63) is 56.7 Å². The van der Waals surface area contributed by atoms with E-state index in [-0.39, 0.29) is 12.1 Å². The van der Waals surface area contributed by atoms with Gasteiger partial charge < -0.3 is 10.6 Å². The SMILES string of the molecule is Cc1ccsc1CNC(=O)NC1CCN(Cc2ccc(Cl)cc2)CC1. The number of amides is 2. The highest BCUT2D eigenvalue weighted by Crippen LogP contribution is 2.17. The molecule has 2 aromatic rings. The molecule has 3 rings (SSSR count). The van der Waals surface area contributed by atoms with Crippen molar-refractivity contribution in [3.8, 4) is 0 Å². The fourth-order valence-corrected chi connectivity index (χ4v) is 4.04. The van der Waals surface area contributed by atoms with E-state index in [1.54, 1.807) is 11.3 Å². The van der Waals surface area contributed by atoms with Crippen molar-refractivity contribution in [2.24, 2.45) is 0 Å². The van der Waals surface area contributed by atoms with Crippen LogP contribution in [0.25, 0.3) is 0 Å². The maximum absolute atomic E-state index is 12.1. The first kappa shape index (κ1) is 18.2. The van der Waals surface area contributed by atoms with E-state index in [1.165, 1.54) is 16.0 Å². The van der Waals surface area contributed by atoms with Gasteiger partial charge in [0.15, 0.2) is 0 Å². The molecule has 1 aromatic heterocycles. The Morgan fingerprint density at radius 1 is 1.24 bits per heavy atom. The van der Waals surface area contributed by atoms with Crippen LogP contribution in [0.15, 0.2) is 35.7 Å². The van der Waals surface area contributed by atoms with Crippen LogP contribution >= 0.6 is 22.9 Å². The molecule has 0 bridgehead atoms. The number of aryl methyl sites for hydroxylation is 1. The van der Waals surface area contributed by atoms with Crippen LogP contribution in [0.1, 0.15) is 28.8 Å². The Kier molecular flexibility index (Phi) is 6.34. The van der Waals surface area contributed by atoms with Crippen LogP contribution in [0.5, 0.6) is 0 Å². The summed E-state index contributed by atoms with van der Waals surface area (Å²) in [6, 6.07) is 10.3. The molecule has 2 N–H and O–H groups in total. The molecule has 1 aliphatic rings. The third kappa shape index (κ3) is 5.46. The lowest BCUT2D eigenvalue weighted by Crippen LogP contribution is -2.47. The van der Waals surface area contributed by atoms with Crippen LogP contribution < -0.4 is 10.6 Å². The summed E-state index contributed by atoms with van der Waals surface area (Å²) in [4.78, 5) is 15.7. The van der Waals surface area contributed by atoms with E-state index < -0.39 is 0 Å². The Labute approximate surface area is 158 Å². The molecule has 2 heterocycles. The molecule has 1 fully saturated rings. The lowest BCUT2D eigenvalue weighted by atomic mass is 10.0. The first-order valence-corrected chi connectivity index (χ1v) is 9.90. The third-order valence-electron chi connectivity index (χ3n) is 4.62. The average molecular weight is 378 g/mol. The van der Waals surface area contributed by atoms with Crippen molar-refractivity contribution < 1.29 is 4.79 Å². The Balaban J connectivity index is 1.38. The van der Waals surface area contributed by atoms with Crippen LogP contribution in [-0.4, -0.2) is 30.1 Å². The van der Waals surface area contributed by atoms with E-state index >= 15 is 0 Å². The number of halogens is 1. The standard InChI is InChI=1S/C19H24ClN3OS/c1-14-8-11-25-18(14)12-21-19(24)22-17-6-9-23(10-7-17)13-15-2-4-16(20)5-3-15/h2-5,8,11,17H,6-7,9-10,12-13H2,1H3,(H2,21,22,24). The summed E-state index contributed by atoms with van der Waals surface area (Å²) in [6.45, 7) is 5.61. The van der Waals surface area contributed by atoms with E-state index in [9.17, 15) is 4.79 Å². The van der Waals surface area contributed by atoms with Gasteiger partial charge >= 0.3 is 6.03 Å². The highest BCUT2D eigenvalue weighted by atomic mass is 35.5. The number of likely N-dealkylation sites (tertiary alicyclic amines) is 1. The van der Waals surface area contributed by atoms with Gasteiger partial charge in [-0.3, -0.25) is 4.90 Å². The molecule has 0 saturated carbocycles. The minimum Gasteiger partial charge on any atom is -0.335 e. The second-order valence-electron chi connectivity index (χ2n) is 6.53. The van der Waals surface area contributed by atoms with Crippen LogP contribution in [0.3, 0.4) is 0 Å². The van der Waals surface area contributed by atoms with Gasteiger partial charge in [-0.1, -0.05) is 23.7 Å². The highest BCUT2D eigenvalue weighted by molar-refractivity contribution is 7.10. The molecular weight excluding hydrogens is 354 g/mol. The van der Waals surface area contributed by atoms with E-state index in [4.69, 9.17) is 11.6 Å². The van der Waals surface area contributed by atoms with Gasteiger partial charge in [-0.25, -0.2) is 4.79 Å². The van der Waals surface area contributed by atoms with Gasteiger partial charge in [0.2, 0.25) is 0 Å². The second kappa shape index (κ2) is 8.70. The molecule has 0 aliphatic carbocycles. The van der Waals surface area contributed by atoms with Gasteiger partial charge in [0.05, 0.1) is 6.54 Å². The smallest absolute Gasteiger partial charge is 0.315 e. The largest absolute Gasteiger partial charge is 0.335 e. The van der Waals surface area contributed by atoms with Crippen LogP contribution in [-0.2, 0) is 13.1 Å². The summed E-state index contributed by atoms with van der Waals surface area (Å²) in [7, 11) is 0. The molecule has 1 saturated heterocycles. The maximum Gasteiger partial charge on any atom is 0.315 e. The van der Waals surface area contributed by atoms with Gasteiger partial charge in [0, 0.05) is 35.6 Å². The summed E-state index contributed by atoms with van der Waals surface area (Å²) >= 11 is 7.61. The maximum atomic E-state index is 12.1. The molecule has 1 aliphatic heterocycles. The van der Waals surface area contributed by atoms with Crippen molar-refractivity contribution in [1.82, 2.24) is 15.5 Å². The van der Waals surface area contributed by atoms with Crippen molar-refractivity contribution >= 4 is 29.0 Å². The number of nitrogens with one attached hydrogen (secondary N) is 2. The van der Waals surface area contributed by atoms with Gasteiger partial charge in [-0.05, 0) is 54.5 Å². The van der Waals surface area contributed by atoms with Gasteiger partial charge in [0.25, 0.3) is 0 Å². The number of carbonyl (C=O) groups excluding carboxylic acids is 1. The second-order valence-corrected chi connectivity index (χ2v) is 7.97. The molecule has 2 amide bonds. The number of thiophene rings is 1. The topological polar surface area (TPSA) is 44.4 Å². The molecular formula is C19H24ClN3OS. The fourth-order valence-electron chi connectivity index (χ4n) is 3.07. The number of carbonyl (C=O) groups is 1. The molecule has 0 radical (unpaired) electrons. The number of hydrogen-bond acceptors (Lipinski definition) is 3. The fraction of sp³-hybridized carbons (Fsp3) is 0.421. The van der Waals surface area contributed by atoms with Crippen LogP contribution in [0.2, 0.25) is 5.02 Å². The van der Waals surface area contributed by atoms with Crippen molar-refractivity contribution in [1.29, 1.82) is 0 Å². The van der Waals surface area contributed by atoms with Crippen LogP contribution in [0, 0.1) is 6.92 Å². The highest BCUT2D eigenvalue weighted by Gasteiger charge is 2.20. The van der Waals surface area contributed by atoms with E-state index in [2.05, 4.69) is 46.0 Å². The number of benzene rings is 1. The average Bonchev–Trinajstić information content (AvgIpc) is 3.02. The molecule has 6 heteroatoms. The number of nitrogens with zero attached hydrogens (tertiary/aromatic N) is 1. The Morgan fingerprint density at radius 2 is 1.96 bits per heavy atom. The van der Waals surface area contributed by atoms with Crippen molar-refractivity contribution in [3.63, 3.8) is 0 Å². The van der Waals surface area contributed by atoms with E-state index in [0.717, 1.165) is 37.5 Å². The van der Waals surface area contributed by atoms with Gasteiger partial charge in [0.1, 0.15) is 0 Å². The normalized spacial score (nSPS) is 15.9. The molecule has 134 valence electrons. The zero-order valence-electron chi connectivity index (χ0n) is 14.4. The zero-order chi connectivity index (χ0) is 17.6. The summed E-state index contributed by atoms with van der Waals surface area (Å²) in [6.07, 6.45) is 1.97. The number of urea groups is 1. The number of hydrogen-bond donors (Lipinski definition) is 2. The molecule has 1 aromatic carbocycles.